The SMILES string of the molecule is CC(C)c1ccc2c(c1)Cc1c-2ccc(C(C)C)[c]1[Ti+2]([C]1=CC=CC1)=[C](c1ccccc1)c1ccccc1.[Cl-].[Cl-]. The summed E-state index contributed by atoms with van der Waals surface area (Å²) in [4.78, 5) is 0. The van der Waals surface area contributed by atoms with Gasteiger partial charge in [-0.2, -0.15) is 0 Å². The van der Waals surface area contributed by atoms with Crippen LogP contribution in [0, 0.1) is 0 Å². The van der Waals surface area contributed by atoms with Crippen molar-refractivity contribution in [3.05, 3.63) is 146 Å². The van der Waals surface area contributed by atoms with Gasteiger partial charge in [-0.25, -0.2) is 0 Å². The van der Waals surface area contributed by atoms with Crippen LogP contribution in [0.15, 0.2) is 113 Å². The first-order chi connectivity index (χ1) is 18.5. The van der Waals surface area contributed by atoms with E-state index in [1.54, 1.807) is 22.7 Å². The summed E-state index contributed by atoms with van der Waals surface area (Å²) in [5.74, 6) is 1.03. The molecular formula is C37H36Cl2Ti. The summed E-state index contributed by atoms with van der Waals surface area (Å²) in [7, 11) is 0. The van der Waals surface area contributed by atoms with E-state index < -0.39 is 17.4 Å². The predicted molar refractivity (Wildman–Crippen MR) is 160 cm³/mol. The Bertz CT molecular complexity index is 1550. The minimum Gasteiger partial charge on any atom is -1.00 e. The van der Waals surface area contributed by atoms with E-state index in [2.05, 4.69) is 137 Å². The maximum absolute atomic E-state index is 2.48. The second kappa shape index (κ2) is 13.0. The van der Waals surface area contributed by atoms with Crippen LogP contribution in [0.4, 0.5) is 0 Å². The van der Waals surface area contributed by atoms with Gasteiger partial charge in [-0.1, -0.05) is 0 Å². The van der Waals surface area contributed by atoms with Gasteiger partial charge >= 0.3 is 235 Å². The van der Waals surface area contributed by atoms with Crippen LogP contribution in [0.2, 0.25) is 0 Å². The molecule has 0 unspecified atom stereocenters. The molecule has 2 aliphatic rings. The fourth-order valence-corrected chi connectivity index (χ4v) is 11.8. The maximum atomic E-state index is 2.48. The van der Waals surface area contributed by atoms with Gasteiger partial charge in [0.15, 0.2) is 0 Å². The van der Waals surface area contributed by atoms with Gasteiger partial charge in [0.1, 0.15) is 0 Å². The van der Waals surface area contributed by atoms with Crippen molar-refractivity contribution in [2.75, 3.05) is 0 Å². The maximum Gasteiger partial charge on any atom is -1.00 e. The molecule has 0 bridgehead atoms. The fourth-order valence-electron chi connectivity index (χ4n) is 6.19. The molecule has 202 valence electrons. The van der Waals surface area contributed by atoms with Gasteiger partial charge in [0.2, 0.25) is 0 Å². The fraction of sp³-hybridized carbons (Fsp3) is 0.216. The summed E-state index contributed by atoms with van der Waals surface area (Å²) in [6.45, 7) is 9.37. The number of hydrogen-bond donors (Lipinski definition) is 0. The van der Waals surface area contributed by atoms with E-state index in [-0.39, 0.29) is 24.8 Å². The van der Waals surface area contributed by atoms with Crippen molar-refractivity contribution in [1.82, 2.24) is 0 Å². The topological polar surface area (TPSA) is 0 Å². The average Bonchev–Trinajstić information content (AvgIpc) is 3.60. The van der Waals surface area contributed by atoms with E-state index in [1.165, 1.54) is 33.4 Å². The van der Waals surface area contributed by atoms with Crippen LogP contribution in [0.3, 0.4) is 0 Å². The smallest absolute Gasteiger partial charge is 1.00 e. The zero-order chi connectivity index (χ0) is 26.2. The Balaban J connectivity index is 0.00000185. The second-order valence-electron chi connectivity index (χ2n) is 11.3. The van der Waals surface area contributed by atoms with Crippen molar-refractivity contribution in [2.24, 2.45) is 0 Å². The Labute approximate surface area is 258 Å². The molecule has 0 spiro atoms. The summed E-state index contributed by atoms with van der Waals surface area (Å²) >= 11 is -2.20. The molecule has 0 amide bonds. The van der Waals surface area contributed by atoms with Gasteiger partial charge in [0.05, 0.1) is 0 Å². The average molecular weight is 599 g/mol. The molecule has 0 atom stereocenters. The molecule has 0 aliphatic heterocycles. The van der Waals surface area contributed by atoms with Crippen LogP contribution in [-0.4, -0.2) is 3.81 Å². The molecule has 0 saturated heterocycles. The molecule has 0 radical (unpaired) electrons. The van der Waals surface area contributed by atoms with Crippen molar-refractivity contribution in [3.63, 3.8) is 0 Å². The van der Waals surface area contributed by atoms with Crippen LogP contribution < -0.4 is 28.7 Å². The number of hydrogen-bond acceptors (Lipinski definition) is 0. The van der Waals surface area contributed by atoms with Gasteiger partial charge in [-0.3, -0.25) is 0 Å². The largest absolute Gasteiger partial charge is 1.00 e. The van der Waals surface area contributed by atoms with Crippen LogP contribution in [-0.2, 0) is 23.8 Å². The molecule has 6 rings (SSSR count). The number of rotatable bonds is 6. The normalized spacial score (nSPS) is 12.7. The first-order valence-corrected chi connectivity index (χ1v) is 16.4. The third-order valence-corrected chi connectivity index (χ3v) is 13.1. The Kier molecular flexibility index (Phi) is 9.91. The quantitative estimate of drug-likeness (QED) is 0.264. The molecule has 0 fully saturated rings. The molecule has 0 saturated carbocycles. The van der Waals surface area contributed by atoms with E-state index in [4.69, 9.17) is 0 Å². The van der Waals surface area contributed by atoms with Crippen molar-refractivity contribution >= 4 is 7.68 Å². The van der Waals surface area contributed by atoms with E-state index in [9.17, 15) is 0 Å². The molecule has 4 aromatic rings. The first kappa shape index (κ1) is 30.5. The van der Waals surface area contributed by atoms with Crippen molar-refractivity contribution in [1.29, 1.82) is 0 Å². The minimum atomic E-state index is -2.20. The van der Waals surface area contributed by atoms with Gasteiger partial charge < -0.3 is 24.8 Å². The standard InChI is InChI=1S/C19H21.C13H10.C5H5.2ClH.Ti/c1-12(2)14-5-7-18-16(9-14)11-17-10-15(13(3)4)6-8-19(17)18;1-3-7-12(8-4-1)11-13-9-5-2-6-10-13;1-2-4-5-3-1;;;/h5-9,12-13H,11H2,1-4H3;1-10H;1-3H,4H2;2*1H;/q;;;;;+2/p-2. The number of halogens is 2. The van der Waals surface area contributed by atoms with Crippen LogP contribution >= 0.6 is 0 Å². The summed E-state index contributed by atoms with van der Waals surface area (Å²) in [6.07, 6.45) is 9.22. The molecule has 2 aliphatic carbocycles. The number of allylic oxidation sites excluding steroid dienone is 4. The Morgan fingerprint density at radius 3 is 1.88 bits per heavy atom. The van der Waals surface area contributed by atoms with Crippen LogP contribution in [0.1, 0.15) is 79.3 Å². The number of fused-ring (bicyclic) bond motifs is 3. The second-order valence-corrected chi connectivity index (χ2v) is 15.0. The van der Waals surface area contributed by atoms with Crippen molar-refractivity contribution < 1.29 is 42.2 Å². The van der Waals surface area contributed by atoms with E-state index in [1.807, 2.05) is 0 Å². The molecule has 0 nitrogen and oxygen atoms in total. The Morgan fingerprint density at radius 2 is 1.32 bits per heavy atom. The third-order valence-electron chi connectivity index (χ3n) is 8.14. The van der Waals surface area contributed by atoms with Crippen LogP contribution in [0.25, 0.3) is 11.1 Å². The van der Waals surface area contributed by atoms with Gasteiger partial charge in [-0.05, 0) is 0 Å². The molecule has 3 heteroatoms. The molecule has 0 aromatic heterocycles. The summed E-state index contributed by atoms with van der Waals surface area (Å²) in [5.41, 5.74) is 11.8. The minimum absolute atomic E-state index is 0. The van der Waals surface area contributed by atoms with Crippen molar-refractivity contribution in [2.45, 2.75) is 52.4 Å². The molecule has 4 aromatic carbocycles. The molecule has 40 heavy (non-hydrogen) atoms. The first-order valence-electron chi connectivity index (χ1n) is 14.0. The van der Waals surface area contributed by atoms with E-state index >= 15 is 0 Å². The van der Waals surface area contributed by atoms with Gasteiger partial charge in [-0.15, -0.1) is 0 Å². The van der Waals surface area contributed by atoms with Crippen LogP contribution in [0.5, 0.6) is 0 Å². The third kappa shape index (κ3) is 5.66. The predicted octanol–water partition coefficient (Wildman–Crippen LogP) is 2.87. The summed E-state index contributed by atoms with van der Waals surface area (Å²) in [6, 6.07) is 34.6. The van der Waals surface area contributed by atoms with Crippen molar-refractivity contribution in [3.8, 4) is 11.1 Å². The zero-order valence-electron chi connectivity index (χ0n) is 23.7. The number of benzene rings is 4. The van der Waals surface area contributed by atoms with Gasteiger partial charge in [0, 0.05) is 0 Å². The van der Waals surface area contributed by atoms with Gasteiger partial charge in [0.25, 0.3) is 0 Å². The monoisotopic (exact) mass is 598 g/mol. The zero-order valence-corrected chi connectivity index (χ0v) is 26.8. The summed E-state index contributed by atoms with van der Waals surface area (Å²) in [5, 5.41) is 0. The summed E-state index contributed by atoms with van der Waals surface area (Å²) < 4.78 is 4.93. The van der Waals surface area contributed by atoms with E-state index in [0.29, 0.717) is 11.8 Å². The molecular weight excluding hydrogens is 563 g/mol. The Morgan fingerprint density at radius 1 is 0.700 bits per heavy atom. The van der Waals surface area contributed by atoms with E-state index in [0.717, 1.165) is 12.8 Å². The Hall–Kier alpha value is -2.48. The molecule has 0 N–H and O–H groups in total. The molecule has 0 heterocycles.